The molecule has 0 bridgehead atoms. The van der Waals surface area contributed by atoms with Crippen LogP contribution in [-0.4, -0.2) is 14.9 Å². The van der Waals surface area contributed by atoms with E-state index in [4.69, 9.17) is 5.11 Å². The fourth-order valence-electron chi connectivity index (χ4n) is 2.32. The van der Waals surface area contributed by atoms with Crippen LogP contribution in [0.4, 0.5) is 13.2 Å². The van der Waals surface area contributed by atoms with Gasteiger partial charge in [0.05, 0.1) is 12.6 Å². The third-order valence-electron chi connectivity index (χ3n) is 3.20. The van der Waals surface area contributed by atoms with Gasteiger partial charge < -0.3 is 5.11 Å². The van der Waals surface area contributed by atoms with Crippen molar-refractivity contribution in [1.82, 2.24) is 9.78 Å². The van der Waals surface area contributed by atoms with E-state index in [2.05, 4.69) is 5.10 Å². The highest BCUT2D eigenvalue weighted by molar-refractivity contribution is 5.19. The van der Waals surface area contributed by atoms with Gasteiger partial charge in [-0.1, -0.05) is 19.3 Å². The highest BCUT2D eigenvalue weighted by Crippen LogP contribution is 2.33. The number of rotatable bonds is 2. The first kappa shape index (κ1) is 12.4. The Morgan fingerprint density at radius 2 is 1.94 bits per heavy atom. The van der Waals surface area contributed by atoms with Gasteiger partial charge in [-0.15, -0.1) is 0 Å². The van der Waals surface area contributed by atoms with Crippen molar-refractivity contribution in [2.75, 3.05) is 0 Å². The maximum atomic E-state index is 12.6. The Balaban J connectivity index is 2.27. The van der Waals surface area contributed by atoms with Crippen molar-refractivity contribution in [3.05, 3.63) is 17.5 Å². The van der Waals surface area contributed by atoms with Gasteiger partial charge in [0.1, 0.15) is 0 Å². The highest BCUT2D eigenvalue weighted by atomic mass is 19.4. The minimum absolute atomic E-state index is 0.0464. The third kappa shape index (κ3) is 2.62. The SMILES string of the molecule is OCc1cn(C2CCCCC2)nc1C(F)(F)F. The minimum atomic E-state index is -4.49. The number of nitrogens with zero attached hydrogens (tertiary/aromatic N) is 2. The molecule has 1 aromatic rings. The van der Waals surface area contributed by atoms with Gasteiger partial charge in [-0.05, 0) is 12.8 Å². The van der Waals surface area contributed by atoms with Crippen LogP contribution in [-0.2, 0) is 12.8 Å². The predicted molar refractivity (Wildman–Crippen MR) is 55.3 cm³/mol. The Labute approximate surface area is 97.2 Å². The Morgan fingerprint density at radius 3 is 2.41 bits per heavy atom. The maximum absolute atomic E-state index is 12.6. The van der Waals surface area contributed by atoms with Crippen molar-refractivity contribution in [2.45, 2.75) is 50.9 Å². The molecule has 0 saturated heterocycles. The summed E-state index contributed by atoms with van der Waals surface area (Å²) in [5.41, 5.74) is -1.09. The lowest BCUT2D eigenvalue weighted by Gasteiger charge is -2.21. The fourth-order valence-corrected chi connectivity index (χ4v) is 2.32. The van der Waals surface area contributed by atoms with Gasteiger partial charge in [-0.25, -0.2) is 0 Å². The summed E-state index contributed by atoms with van der Waals surface area (Å²) >= 11 is 0. The van der Waals surface area contributed by atoms with Crippen molar-refractivity contribution in [3.8, 4) is 0 Å². The van der Waals surface area contributed by atoms with Gasteiger partial charge in [0.2, 0.25) is 0 Å². The Morgan fingerprint density at radius 1 is 1.29 bits per heavy atom. The molecular weight excluding hydrogens is 233 g/mol. The second-order valence-corrected chi connectivity index (χ2v) is 4.43. The zero-order chi connectivity index (χ0) is 12.5. The second-order valence-electron chi connectivity index (χ2n) is 4.43. The summed E-state index contributed by atoms with van der Waals surface area (Å²) in [6.45, 7) is -0.623. The predicted octanol–water partition coefficient (Wildman–Crippen LogP) is 2.90. The van der Waals surface area contributed by atoms with Crippen LogP contribution in [0.3, 0.4) is 0 Å². The van der Waals surface area contributed by atoms with Gasteiger partial charge in [-0.3, -0.25) is 4.68 Å². The zero-order valence-electron chi connectivity index (χ0n) is 9.37. The monoisotopic (exact) mass is 248 g/mol. The van der Waals surface area contributed by atoms with Gasteiger partial charge in [0.15, 0.2) is 5.69 Å². The van der Waals surface area contributed by atoms with E-state index in [1.807, 2.05) is 0 Å². The quantitative estimate of drug-likeness (QED) is 0.873. The zero-order valence-corrected chi connectivity index (χ0v) is 9.37. The van der Waals surface area contributed by atoms with E-state index < -0.39 is 18.5 Å². The van der Waals surface area contributed by atoms with Crippen LogP contribution in [0.25, 0.3) is 0 Å². The number of hydrogen-bond donors (Lipinski definition) is 1. The molecule has 17 heavy (non-hydrogen) atoms. The molecule has 0 spiro atoms. The van der Waals surface area contributed by atoms with E-state index in [1.165, 1.54) is 10.9 Å². The molecule has 0 atom stereocenters. The van der Waals surface area contributed by atoms with Gasteiger partial charge in [-0.2, -0.15) is 18.3 Å². The Bertz CT molecular complexity index is 381. The molecule has 1 aliphatic rings. The number of alkyl halides is 3. The lowest BCUT2D eigenvalue weighted by molar-refractivity contribution is -0.142. The van der Waals surface area contributed by atoms with Crippen LogP contribution in [0, 0.1) is 0 Å². The molecule has 0 unspecified atom stereocenters. The van der Waals surface area contributed by atoms with E-state index in [1.54, 1.807) is 0 Å². The van der Waals surface area contributed by atoms with Crippen LogP contribution in [0.2, 0.25) is 0 Å². The molecule has 3 nitrogen and oxygen atoms in total. The third-order valence-corrected chi connectivity index (χ3v) is 3.20. The number of aliphatic hydroxyl groups is 1. The second kappa shape index (κ2) is 4.68. The van der Waals surface area contributed by atoms with Crippen molar-refractivity contribution >= 4 is 0 Å². The molecule has 96 valence electrons. The normalized spacial score (nSPS) is 18.6. The van der Waals surface area contributed by atoms with Crippen molar-refractivity contribution in [3.63, 3.8) is 0 Å². The summed E-state index contributed by atoms with van der Waals surface area (Å²) in [6.07, 6.45) is 1.77. The molecule has 1 aliphatic carbocycles. The van der Waals surface area contributed by atoms with E-state index in [0.717, 1.165) is 32.1 Å². The van der Waals surface area contributed by atoms with Gasteiger partial charge in [0, 0.05) is 11.8 Å². The molecule has 1 N–H and O–H groups in total. The smallest absolute Gasteiger partial charge is 0.392 e. The van der Waals surface area contributed by atoms with Crippen LogP contribution < -0.4 is 0 Å². The lowest BCUT2D eigenvalue weighted by atomic mass is 9.96. The standard InChI is InChI=1S/C11H15F3N2O/c12-11(13,14)10-8(7-17)6-16(15-10)9-4-2-1-3-5-9/h6,9,17H,1-5,7H2. The average molecular weight is 248 g/mol. The molecule has 0 aliphatic heterocycles. The summed E-state index contributed by atoms with van der Waals surface area (Å²) in [4.78, 5) is 0. The van der Waals surface area contributed by atoms with E-state index in [9.17, 15) is 13.2 Å². The topological polar surface area (TPSA) is 38.0 Å². The Hall–Kier alpha value is -1.04. The molecule has 1 heterocycles. The molecule has 6 heteroatoms. The maximum Gasteiger partial charge on any atom is 0.435 e. The lowest BCUT2D eigenvalue weighted by Crippen LogP contribution is -2.15. The molecular formula is C11H15F3N2O. The minimum Gasteiger partial charge on any atom is -0.392 e. The van der Waals surface area contributed by atoms with Crippen LogP contribution in [0.15, 0.2) is 6.20 Å². The molecule has 1 fully saturated rings. The number of aliphatic hydroxyl groups excluding tert-OH is 1. The summed E-state index contributed by atoms with van der Waals surface area (Å²) in [5, 5.41) is 12.5. The number of aromatic nitrogens is 2. The first-order valence-corrected chi connectivity index (χ1v) is 5.78. The van der Waals surface area contributed by atoms with Crippen molar-refractivity contribution < 1.29 is 18.3 Å². The first-order chi connectivity index (χ1) is 8.02. The van der Waals surface area contributed by atoms with Crippen molar-refractivity contribution in [2.24, 2.45) is 0 Å². The number of halogens is 3. The van der Waals surface area contributed by atoms with Crippen LogP contribution >= 0.6 is 0 Å². The first-order valence-electron chi connectivity index (χ1n) is 5.78. The summed E-state index contributed by atoms with van der Waals surface area (Å²) < 4.78 is 39.3. The molecule has 1 saturated carbocycles. The molecule has 0 radical (unpaired) electrons. The number of hydrogen-bond acceptors (Lipinski definition) is 2. The van der Waals surface area contributed by atoms with Gasteiger partial charge >= 0.3 is 6.18 Å². The van der Waals surface area contributed by atoms with Crippen molar-refractivity contribution in [1.29, 1.82) is 0 Å². The molecule has 0 amide bonds. The molecule has 2 rings (SSSR count). The molecule has 1 aromatic heterocycles. The summed E-state index contributed by atoms with van der Waals surface area (Å²) in [7, 11) is 0. The van der Waals surface area contributed by atoms with E-state index >= 15 is 0 Å². The van der Waals surface area contributed by atoms with E-state index in [0.29, 0.717) is 0 Å². The van der Waals surface area contributed by atoms with Crippen LogP contribution in [0.1, 0.15) is 49.4 Å². The average Bonchev–Trinajstić information content (AvgIpc) is 2.74. The fraction of sp³-hybridized carbons (Fsp3) is 0.727. The van der Waals surface area contributed by atoms with Gasteiger partial charge in [0.25, 0.3) is 0 Å². The largest absolute Gasteiger partial charge is 0.435 e. The summed E-state index contributed by atoms with van der Waals surface area (Å²) in [6, 6.07) is 0.0464. The summed E-state index contributed by atoms with van der Waals surface area (Å²) in [5.74, 6) is 0. The van der Waals surface area contributed by atoms with Crippen LogP contribution in [0.5, 0.6) is 0 Å². The molecule has 0 aromatic carbocycles. The van der Waals surface area contributed by atoms with E-state index in [-0.39, 0.29) is 11.6 Å². The Kier molecular flexibility index (Phi) is 3.42. The highest BCUT2D eigenvalue weighted by Gasteiger charge is 2.37.